The fourth-order valence-electron chi connectivity index (χ4n) is 7.05. The molecule has 2 fully saturated rings. The van der Waals surface area contributed by atoms with Crippen LogP contribution in [-0.4, -0.2) is 87.4 Å². The molecule has 13 heteroatoms. The minimum Gasteiger partial charge on any atom is -0.346 e. The number of fused-ring (bicyclic) bond motifs is 1. The van der Waals surface area contributed by atoms with Crippen molar-refractivity contribution < 1.29 is 28.8 Å². The Labute approximate surface area is 294 Å². The van der Waals surface area contributed by atoms with Crippen molar-refractivity contribution >= 4 is 35.3 Å². The van der Waals surface area contributed by atoms with E-state index in [2.05, 4.69) is 37.8 Å². The van der Waals surface area contributed by atoms with Gasteiger partial charge in [-0.1, -0.05) is 84.8 Å². The fourth-order valence-corrected chi connectivity index (χ4v) is 7.05. The monoisotopic (exact) mass is 689 g/mol. The Bertz CT molecular complexity index is 1530. The molecule has 7 atom stereocenters. The van der Waals surface area contributed by atoms with E-state index in [0.717, 1.165) is 6.42 Å². The number of unbranched alkanes of at least 4 members (excludes halogenated alkanes) is 1. The van der Waals surface area contributed by atoms with E-state index in [-0.39, 0.29) is 35.9 Å². The van der Waals surface area contributed by atoms with Crippen LogP contribution in [0, 0.1) is 28.6 Å². The second-order valence-corrected chi connectivity index (χ2v) is 15.0. The first kappa shape index (κ1) is 38.1. The molecule has 2 unspecified atom stereocenters. The minimum atomic E-state index is -1.06. The summed E-state index contributed by atoms with van der Waals surface area (Å²) >= 11 is 0. The fraction of sp³-hybridized carbons (Fsp3) is 0.568. The number of aromatic nitrogens is 2. The number of hydrogen-bond acceptors (Lipinski definition) is 8. The van der Waals surface area contributed by atoms with Crippen LogP contribution in [0.25, 0.3) is 0 Å². The molecule has 1 saturated heterocycles. The lowest BCUT2D eigenvalue weighted by Gasteiger charge is -2.38. The molecule has 13 nitrogen and oxygen atoms in total. The van der Waals surface area contributed by atoms with E-state index in [9.17, 15) is 28.8 Å². The number of carbonyl (C=O) groups excluding carboxylic acids is 6. The number of nitrogens with one attached hydrogen (secondary N) is 4. The van der Waals surface area contributed by atoms with E-state index in [1.807, 2.05) is 59.8 Å². The first-order valence-corrected chi connectivity index (χ1v) is 17.4. The number of nitrogens with zero attached hydrogens (tertiary/aromatic N) is 3. The van der Waals surface area contributed by atoms with Crippen molar-refractivity contribution in [3.05, 3.63) is 61.2 Å². The van der Waals surface area contributed by atoms with Crippen LogP contribution in [-0.2, 0) is 24.0 Å². The number of amides is 5. The van der Waals surface area contributed by atoms with Gasteiger partial charge in [-0.25, -0.2) is 4.98 Å². The highest BCUT2D eigenvalue weighted by atomic mass is 16.2. The first-order chi connectivity index (χ1) is 23.6. The summed E-state index contributed by atoms with van der Waals surface area (Å²) in [6.45, 7) is 15.5. The van der Waals surface area contributed by atoms with E-state index in [4.69, 9.17) is 0 Å². The van der Waals surface area contributed by atoms with Gasteiger partial charge in [0.05, 0.1) is 12.2 Å². The van der Waals surface area contributed by atoms with Crippen molar-refractivity contribution in [2.75, 3.05) is 13.1 Å². The SMILES string of the molecule is C=CCNC(=O)C(=O)C(CCCC)NC(=O)[C@@H]1[C@@H]2[C@H](CN1C(=O)[C@@H](NC(=O)[C@@H](NC(=O)c1cnccn1)C1C=CC=CC1)C(C)(C)C)C2(C)C. The Morgan fingerprint density at radius 3 is 2.42 bits per heavy atom. The summed E-state index contributed by atoms with van der Waals surface area (Å²) in [6.07, 6.45) is 15.1. The topological polar surface area (TPSA) is 180 Å². The van der Waals surface area contributed by atoms with Gasteiger partial charge < -0.3 is 26.2 Å². The quantitative estimate of drug-likeness (QED) is 0.160. The molecular weight excluding hydrogens is 638 g/mol. The molecule has 4 N–H and O–H groups in total. The lowest BCUT2D eigenvalue weighted by atomic mass is 9.84. The number of likely N-dealkylation sites (tertiary alicyclic amines) is 1. The third kappa shape index (κ3) is 8.54. The summed E-state index contributed by atoms with van der Waals surface area (Å²) < 4.78 is 0. The summed E-state index contributed by atoms with van der Waals surface area (Å²) in [4.78, 5) is 91.1. The predicted octanol–water partition coefficient (Wildman–Crippen LogP) is 2.27. The second-order valence-electron chi connectivity index (χ2n) is 15.0. The predicted molar refractivity (Wildman–Crippen MR) is 187 cm³/mol. The smallest absolute Gasteiger partial charge is 0.289 e. The van der Waals surface area contributed by atoms with Crippen molar-refractivity contribution in [3.8, 4) is 0 Å². The van der Waals surface area contributed by atoms with Crippen molar-refractivity contribution in [3.63, 3.8) is 0 Å². The lowest BCUT2D eigenvalue weighted by molar-refractivity contribution is -0.147. The molecule has 5 amide bonds. The number of carbonyl (C=O) groups is 6. The molecule has 1 saturated carbocycles. The molecule has 270 valence electrons. The molecule has 2 aliphatic carbocycles. The van der Waals surface area contributed by atoms with E-state index in [0.29, 0.717) is 19.4 Å². The van der Waals surface area contributed by atoms with Gasteiger partial charge in [0.15, 0.2) is 0 Å². The van der Waals surface area contributed by atoms with Crippen LogP contribution in [0.4, 0.5) is 0 Å². The van der Waals surface area contributed by atoms with Crippen LogP contribution in [0.1, 0.15) is 77.7 Å². The number of piperidine rings is 1. The van der Waals surface area contributed by atoms with E-state index in [1.54, 1.807) is 6.08 Å². The average Bonchev–Trinajstić information content (AvgIpc) is 3.39. The standard InChI is InChI=1S/C37H51N7O6/c1-8-10-16-24(29(45)34(49)40-17-9-2)41-33(48)28-26-23(37(26,6)7)21-44(28)35(50)30(36(3,4)5)43-32(47)27(22-14-12-11-13-15-22)42-31(46)25-20-38-18-19-39-25/h9,11-14,18-20,22-24,26-28,30H,2,8,10,15-17,21H2,1,3-7H3,(H,40,49)(H,41,48)(H,42,46)(H,43,47)/t22?,23-,24?,26-,27-,28-,30+/m0/s1. The lowest BCUT2D eigenvalue weighted by Crippen LogP contribution is -2.62. The molecule has 0 bridgehead atoms. The zero-order valence-electron chi connectivity index (χ0n) is 29.9. The highest BCUT2D eigenvalue weighted by molar-refractivity contribution is 6.38. The van der Waals surface area contributed by atoms with Gasteiger partial charge >= 0.3 is 0 Å². The largest absolute Gasteiger partial charge is 0.346 e. The van der Waals surface area contributed by atoms with Gasteiger partial charge in [0, 0.05) is 31.4 Å². The molecule has 4 rings (SSSR count). The Balaban J connectivity index is 1.58. The molecular formula is C37H51N7O6. The Kier molecular flexibility index (Phi) is 12.1. The highest BCUT2D eigenvalue weighted by Crippen LogP contribution is 2.65. The van der Waals surface area contributed by atoms with Gasteiger partial charge in [-0.3, -0.25) is 33.8 Å². The molecule has 50 heavy (non-hydrogen) atoms. The summed E-state index contributed by atoms with van der Waals surface area (Å²) in [6, 6.07) is -4.06. The maximum atomic E-state index is 14.5. The van der Waals surface area contributed by atoms with Crippen molar-refractivity contribution in [1.29, 1.82) is 0 Å². The number of hydrogen-bond donors (Lipinski definition) is 4. The molecule has 2 heterocycles. The number of rotatable bonds is 15. The second kappa shape index (κ2) is 15.9. The highest BCUT2D eigenvalue weighted by Gasteiger charge is 2.70. The summed E-state index contributed by atoms with van der Waals surface area (Å²) in [5.41, 5.74) is -0.966. The number of Topliss-reactive ketones (excluding diaryl/α,β-unsaturated/α-hetero) is 1. The summed E-state index contributed by atoms with van der Waals surface area (Å²) in [5, 5.41) is 11.0. The van der Waals surface area contributed by atoms with Crippen LogP contribution in [0.2, 0.25) is 0 Å². The first-order valence-electron chi connectivity index (χ1n) is 17.4. The van der Waals surface area contributed by atoms with Crippen LogP contribution < -0.4 is 21.3 Å². The minimum absolute atomic E-state index is 0.0392. The Hall–Kier alpha value is -4.68. The van der Waals surface area contributed by atoms with E-state index < -0.39 is 70.8 Å². The maximum absolute atomic E-state index is 14.5. The number of allylic oxidation sites excluding steroid dienone is 3. The van der Waals surface area contributed by atoms with Crippen molar-refractivity contribution in [2.45, 2.75) is 91.4 Å². The van der Waals surface area contributed by atoms with Gasteiger partial charge in [0.2, 0.25) is 23.5 Å². The summed E-state index contributed by atoms with van der Waals surface area (Å²) in [5.74, 6) is -4.16. The molecule has 1 aromatic heterocycles. The zero-order chi connectivity index (χ0) is 36.8. The molecule has 0 spiro atoms. The van der Waals surface area contributed by atoms with E-state index >= 15 is 0 Å². The molecule has 0 aromatic carbocycles. The molecule has 3 aliphatic rings. The van der Waals surface area contributed by atoms with E-state index in [1.165, 1.54) is 29.6 Å². The van der Waals surface area contributed by atoms with Crippen LogP contribution in [0.5, 0.6) is 0 Å². The molecule has 1 aliphatic heterocycles. The van der Waals surface area contributed by atoms with Gasteiger partial charge in [-0.05, 0) is 35.5 Å². The molecule has 1 aromatic rings. The zero-order valence-corrected chi connectivity index (χ0v) is 29.9. The van der Waals surface area contributed by atoms with Crippen LogP contribution >= 0.6 is 0 Å². The Morgan fingerprint density at radius 2 is 1.82 bits per heavy atom. The van der Waals surface area contributed by atoms with Gasteiger partial charge in [-0.2, -0.15) is 0 Å². The number of ketones is 1. The normalized spacial score (nSPS) is 23.4. The molecule has 0 radical (unpaired) electrons. The van der Waals surface area contributed by atoms with Crippen LogP contribution in [0.15, 0.2) is 55.5 Å². The van der Waals surface area contributed by atoms with Crippen LogP contribution in [0.3, 0.4) is 0 Å². The average molecular weight is 690 g/mol. The third-order valence-electron chi connectivity index (χ3n) is 10.1. The van der Waals surface area contributed by atoms with Gasteiger partial charge in [0.1, 0.15) is 23.8 Å². The van der Waals surface area contributed by atoms with Gasteiger partial charge in [0.25, 0.3) is 11.8 Å². The maximum Gasteiger partial charge on any atom is 0.289 e. The van der Waals surface area contributed by atoms with Gasteiger partial charge in [-0.15, -0.1) is 6.58 Å². The van der Waals surface area contributed by atoms with Crippen molar-refractivity contribution in [2.24, 2.45) is 28.6 Å². The Morgan fingerprint density at radius 1 is 1.08 bits per heavy atom. The summed E-state index contributed by atoms with van der Waals surface area (Å²) in [7, 11) is 0. The van der Waals surface area contributed by atoms with Crippen molar-refractivity contribution in [1.82, 2.24) is 36.1 Å². The third-order valence-corrected chi connectivity index (χ3v) is 10.1.